The van der Waals surface area contributed by atoms with E-state index in [-0.39, 0.29) is 25.7 Å². The van der Waals surface area contributed by atoms with E-state index in [0.29, 0.717) is 25.7 Å². The average molecular weight is 1350 g/mol. The van der Waals surface area contributed by atoms with Gasteiger partial charge in [-0.15, -0.1) is 0 Å². The van der Waals surface area contributed by atoms with E-state index in [0.717, 1.165) is 120 Å². The average Bonchev–Trinajstić information content (AvgIpc) is 3.72. The molecule has 0 saturated heterocycles. The number of carbonyl (C=O) groups is 4. The zero-order valence-corrected chi connectivity index (χ0v) is 62.0. The fraction of sp³-hybridized carbons (Fsp3) is 0.945. The van der Waals surface area contributed by atoms with Crippen molar-refractivity contribution >= 4 is 39.5 Å². The second-order valence-corrected chi connectivity index (χ2v) is 30.4. The number of unbranched alkanes of at least 4 members (excludes halogenated alkanes) is 33. The molecule has 0 radical (unpaired) electrons. The lowest BCUT2D eigenvalue weighted by Gasteiger charge is -2.21. The Morgan fingerprint density at radius 1 is 0.304 bits per heavy atom. The van der Waals surface area contributed by atoms with Gasteiger partial charge in [0.05, 0.1) is 26.4 Å². The molecule has 0 spiro atoms. The summed E-state index contributed by atoms with van der Waals surface area (Å²) in [6.07, 6.45) is 45.7. The molecule has 19 heteroatoms. The molecular weight excluding hydrogens is 1210 g/mol. The number of aliphatic hydroxyl groups excluding tert-OH is 1. The molecule has 0 aromatic heterocycles. The monoisotopic (exact) mass is 1350 g/mol. The predicted molar refractivity (Wildman–Crippen MR) is 372 cm³/mol. The second-order valence-electron chi connectivity index (χ2n) is 27.5. The van der Waals surface area contributed by atoms with Crippen molar-refractivity contribution in [1.82, 2.24) is 0 Å². The molecule has 92 heavy (non-hydrogen) atoms. The molecule has 0 aromatic rings. The molecule has 8 atom stereocenters. The Kier molecular flexibility index (Phi) is 61.3. The van der Waals surface area contributed by atoms with Gasteiger partial charge >= 0.3 is 39.5 Å². The Morgan fingerprint density at radius 3 is 0.772 bits per heavy atom. The van der Waals surface area contributed by atoms with Crippen molar-refractivity contribution in [2.24, 2.45) is 23.7 Å². The molecule has 0 amide bonds. The first-order chi connectivity index (χ1) is 44.2. The van der Waals surface area contributed by atoms with E-state index in [1.165, 1.54) is 161 Å². The SMILES string of the molecule is CCC(C)CCCCCCCCCCCCC(=O)OC[C@H](COP(=O)(O)OC[C@@H](O)COP(=O)(O)OC[C@@H](COC(=O)CCCCCCCCC(C)CC)OC(=O)CCCCCCCCCCC(C)CC)OC(=O)CCCCCCCCCCCCCCCC(C)C. The highest BCUT2D eigenvalue weighted by molar-refractivity contribution is 7.47. The maximum absolute atomic E-state index is 13.1. The Bertz CT molecular complexity index is 1820. The summed E-state index contributed by atoms with van der Waals surface area (Å²) >= 11 is 0. The van der Waals surface area contributed by atoms with E-state index >= 15 is 0 Å². The van der Waals surface area contributed by atoms with Gasteiger partial charge in [0.25, 0.3) is 0 Å². The van der Waals surface area contributed by atoms with Gasteiger partial charge in [-0.2, -0.15) is 0 Å². The highest BCUT2D eigenvalue weighted by Crippen LogP contribution is 2.45. The quantitative estimate of drug-likeness (QED) is 0.0222. The number of hydrogen-bond donors (Lipinski definition) is 3. The smallest absolute Gasteiger partial charge is 0.462 e. The minimum atomic E-state index is -4.96. The van der Waals surface area contributed by atoms with Gasteiger partial charge in [0.2, 0.25) is 0 Å². The van der Waals surface area contributed by atoms with Gasteiger partial charge in [-0.1, -0.05) is 312 Å². The van der Waals surface area contributed by atoms with E-state index in [9.17, 15) is 43.2 Å². The molecule has 0 bridgehead atoms. The van der Waals surface area contributed by atoms with Crippen molar-refractivity contribution in [3.8, 4) is 0 Å². The van der Waals surface area contributed by atoms with Gasteiger partial charge in [-0.05, 0) is 49.4 Å². The maximum Gasteiger partial charge on any atom is 0.472 e. The Morgan fingerprint density at radius 2 is 0.522 bits per heavy atom. The van der Waals surface area contributed by atoms with Crippen LogP contribution in [0, 0.1) is 23.7 Å². The first kappa shape index (κ1) is 90.1. The van der Waals surface area contributed by atoms with E-state index in [1.54, 1.807) is 0 Å². The van der Waals surface area contributed by atoms with Crippen molar-refractivity contribution in [2.45, 2.75) is 382 Å². The lowest BCUT2D eigenvalue weighted by atomic mass is 9.99. The highest BCUT2D eigenvalue weighted by atomic mass is 31.2. The number of aliphatic hydroxyl groups is 1. The molecule has 5 unspecified atom stereocenters. The molecule has 0 fully saturated rings. The topological polar surface area (TPSA) is 237 Å². The van der Waals surface area contributed by atoms with Gasteiger partial charge in [0, 0.05) is 25.7 Å². The van der Waals surface area contributed by atoms with E-state index in [2.05, 4.69) is 55.4 Å². The summed E-state index contributed by atoms with van der Waals surface area (Å²) < 4.78 is 68.4. The van der Waals surface area contributed by atoms with Crippen LogP contribution in [0.25, 0.3) is 0 Å². The molecule has 0 aliphatic rings. The zero-order chi connectivity index (χ0) is 68.2. The van der Waals surface area contributed by atoms with Gasteiger partial charge < -0.3 is 33.8 Å². The van der Waals surface area contributed by atoms with Crippen LogP contribution in [0.15, 0.2) is 0 Å². The van der Waals surface area contributed by atoms with Gasteiger partial charge in [0.1, 0.15) is 19.3 Å². The molecule has 17 nitrogen and oxygen atoms in total. The summed E-state index contributed by atoms with van der Waals surface area (Å²) in [4.78, 5) is 72.7. The van der Waals surface area contributed by atoms with Crippen LogP contribution in [0.3, 0.4) is 0 Å². The largest absolute Gasteiger partial charge is 0.472 e. The van der Waals surface area contributed by atoms with Crippen LogP contribution in [-0.2, 0) is 65.4 Å². The van der Waals surface area contributed by atoms with E-state index in [4.69, 9.17) is 37.0 Å². The van der Waals surface area contributed by atoms with Crippen LogP contribution in [-0.4, -0.2) is 96.7 Å². The zero-order valence-electron chi connectivity index (χ0n) is 60.2. The molecule has 0 aliphatic heterocycles. The lowest BCUT2D eigenvalue weighted by molar-refractivity contribution is -0.161. The van der Waals surface area contributed by atoms with Crippen LogP contribution in [0.1, 0.15) is 364 Å². The Hall–Kier alpha value is -1.94. The van der Waals surface area contributed by atoms with Crippen molar-refractivity contribution in [2.75, 3.05) is 39.6 Å². The van der Waals surface area contributed by atoms with E-state index < -0.39 is 97.5 Å². The van der Waals surface area contributed by atoms with E-state index in [1.807, 2.05) is 0 Å². The van der Waals surface area contributed by atoms with Crippen molar-refractivity contribution in [3.63, 3.8) is 0 Å². The number of rotatable bonds is 70. The predicted octanol–water partition coefficient (Wildman–Crippen LogP) is 20.9. The van der Waals surface area contributed by atoms with Crippen LogP contribution >= 0.6 is 15.6 Å². The first-order valence-electron chi connectivity index (χ1n) is 37.8. The highest BCUT2D eigenvalue weighted by Gasteiger charge is 2.30. The van der Waals surface area contributed by atoms with Crippen LogP contribution in [0.5, 0.6) is 0 Å². The third-order valence-corrected chi connectivity index (χ3v) is 19.8. The Balaban J connectivity index is 5.27. The molecule has 546 valence electrons. The number of hydrogen-bond acceptors (Lipinski definition) is 15. The van der Waals surface area contributed by atoms with Crippen LogP contribution < -0.4 is 0 Å². The summed E-state index contributed by atoms with van der Waals surface area (Å²) in [6.45, 7) is 14.2. The molecule has 0 saturated carbocycles. The third kappa shape index (κ3) is 62.8. The summed E-state index contributed by atoms with van der Waals surface area (Å²) in [5.41, 5.74) is 0. The Labute approximate surface area is 562 Å². The second kappa shape index (κ2) is 62.6. The fourth-order valence-electron chi connectivity index (χ4n) is 10.9. The number of esters is 4. The van der Waals surface area contributed by atoms with Crippen LogP contribution in [0.4, 0.5) is 0 Å². The molecule has 0 aliphatic carbocycles. The van der Waals surface area contributed by atoms with Gasteiger partial charge in [-0.25, -0.2) is 9.13 Å². The summed E-state index contributed by atoms with van der Waals surface area (Å²) in [5.74, 6) is 0.970. The number of phosphoric acid groups is 2. The first-order valence-corrected chi connectivity index (χ1v) is 40.8. The number of carbonyl (C=O) groups excluding carboxylic acids is 4. The molecular formula is C73H142O17P2. The minimum Gasteiger partial charge on any atom is -0.462 e. The third-order valence-electron chi connectivity index (χ3n) is 17.9. The molecule has 0 aromatic carbocycles. The molecule has 0 rings (SSSR count). The standard InChI is InChI=1S/C73H142O17P2/c1-9-64(6)50-42-34-26-20-17-18-21-28-37-45-53-70(75)83-59-68(89-72(77)55-47-39-29-22-16-14-12-13-15-19-25-33-41-49-63(4)5)61-87-91(79,80)85-57-67(74)58-86-92(81,82)88-62-69(60-84-71(76)54-46-38-32-31-36-44-52-66(8)11-3)90-73(78)56-48-40-30-24-23-27-35-43-51-65(7)10-2/h63-69,74H,9-62H2,1-8H3,(H,79,80)(H,81,82)/t64?,65?,66?,67-,68-,69-/m1/s1. The lowest BCUT2D eigenvalue weighted by Crippen LogP contribution is -2.30. The van der Waals surface area contributed by atoms with Gasteiger partial charge in [-0.3, -0.25) is 37.3 Å². The fourth-order valence-corrected chi connectivity index (χ4v) is 12.5. The number of phosphoric ester groups is 2. The van der Waals surface area contributed by atoms with Crippen LogP contribution in [0.2, 0.25) is 0 Å². The number of ether oxygens (including phenoxy) is 4. The summed E-state index contributed by atoms with van der Waals surface area (Å²) in [5, 5.41) is 10.6. The van der Waals surface area contributed by atoms with Crippen molar-refractivity contribution < 1.29 is 80.2 Å². The summed E-state index contributed by atoms with van der Waals surface area (Å²) in [6, 6.07) is 0. The van der Waals surface area contributed by atoms with Crippen molar-refractivity contribution in [3.05, 3.63) is 0 Å². The maximum atomic E-state index is 13.1. The molecule has 0 heterocycles. The minimum absolute atomic E-state index is 0.104. The molecule has 3 N–H and O–H groups in total. The van der Waals surface area contributed by atoms with Gasteiger partial charge in [0.15, 0.2) is 12.2 Å². The summed E-state index contributed by atoms with van der Waals surface area (Å²) in [7, 11) is -9.91. The normalized spacial score (nSPS) is 15.1. The van der Waals surface area contributed by atoms with Crippen molar-refractivity contribution in [1.29, 1.82) is 0 Å².